The zero-order valence-electron chi connectivity index (χ0n) is 20.8. The molecule has 0 radical (unpaired) electrons. The molecular formula is C28H43NO3. The first-order valence-electron chi connectivity index (χ1n) is 13.1. The molecule has 32 heavy (non-hydrogen) atoms. The maximum atomic E-state index is 12.6. The Morgan fingerprint density at radius 3 is 2.50 bits per heavy atom. The van der Waals surface area contributed by atoms with Crippen LogP contribution in [-0.2, 0) is 22.4 Å². The summed E-state index contributed by atoms with van der Waals surface area (Å²) in [6.07, 6.45) is 14.2. The number of rotatable bonds is 8. The van der Waals surface area contributed by atoms with Crippen molar-refractivity contribution in [3.8, 4) is 0 Å². The maximum absolute atomic E-state index is 12.6. The molecule has 178 valence electrons. The third-order valence-electron chi connectivity index (χ3n) is 10.3. The van der Waals surface area contributed by atoms with Crippen molar-refractivity contribution in [2.24, 2.45) is 52.3 Å². The highest BCUT2D eigenvalue weighted by molar-refractivity contribution is 5.60. The van der Waals surface area contributed by atoms with E-state index in [0.717, 1.165) is 48.7 Å². The van der Waals surface area contributed by atoms with E-state index in [1.54, 1.807) is 0 Å². The van der Waals surface area contributed by atoms with Gasteiger partial charge in [-0.2, -0.15) is 0 Å². The van der Waals surface area contributed by atoms with E-state index in [9.17, 15) is 9.59 Å². The molecule has 4 nitrogen and oxygen atoms in total. The van der Waals surface area contributed by atoms with Crippen LogP contribution in [0.25, 0.3) is 0 Å². The molecule has 1 aromatic rings. The molecule has 1 heterocycles. The molecule has 3 aliphatic carbocycles. The van der Waals surface area contributed by atoms with E-state index in [1.165, 1.54) is 38.4 Å². The number of hydrogen-bond acceptors (Lipinski definition) is 4. The van der Waals surface area contributed by atoms with Crippen molar-refractivity contribution in [1.82, 2.24) is 5.16 Å². The van der Waals surface area contributed by atoms with Crippen LogP contribution in [0.15, 0.2) is 10.7 Å². The van der Waals surface area contributed by atoms with Crippen molar-refractivity contribution in [3.05, 3.63) is 17.5 Å². The van der Waals surface area contributed by atoms with Gasteiger partial charge in [-0.05, 0) is 72.5 Å². The standard InChI is InChI=1S/C28H43NO3/c1-18(2)7-6-8-19(3)23-9-10-24-22(17-31)25(11-12-27(23,24)4)28(5)14-20-15-29-32-26(20)13-21(28)16-30/h15-19,21-25H,6-14H2,1-5H3/t19-,21-,22+,23-,24+,25+,27-,28+/m1/s1. The Morgan fingerprint density at radius 1 is 1.06 bits per heavy atom. The molecule has 0 aromatic carbocycles. The molecule has 0 spiro atoms. The first-order chi connectivity index (χ1) is 15.2. The summed E-state index contributed by atoms with van der Waals surface area (Å²) >= 11 is 0. The van der Waals surface area contributed by atoms with Gasteiger partial charge in [-0.1, -0.05) is 59.0 Å². The largest absolute Gasteiger partial charge is 0.361 e. The quantitative estimate of drug-likeness (QED) is 0.443. The predicted molar refractivity (Wildman–Crippen MR) is 126 cm³/mol. The second-order valence-corrected chi connectivity index (χ2v) is 12.4. The van der Waals surface area contributed by atoms with Crippen molar-refractivity contribution in [2.75, 3.05) is 0 Å². The van der Waals surface area contributed by atoms with E-state index in [1.807, 2.05) is 6.20 Å². The van der Waals surface area contributed by atoms with Gasteiger partial charge >= 0.3 is 0 Å². The highest BCUT2D eigenvalue weighted by Gasteiger charge is 2.59. The van der Waals surface area contributed by atoms with E-state index in [0.29, 0.717) is 18.3 Å². The lowest BCUT2D eigenvalue weighted by Crippen LogP contribution is -2.52. The Labute approximate surface area is 194 Å². The summed E-state index contributed by atoms with van der Waals surface area (Å²) < 4.78 is 5.42. The third-order valence-corrected chi connectivity index (χ3v) is 10.3. The monoisotopic (exact) mass is 441 g/mol. The van der Waals surface area contributed by atoms with Gasteiger partial charge in [-0.15, -0.1) is 0 Å². The van der Waals surface area contributed by atoms with Crippen LogP contribution < -0.4 is 0 Å². The molecule has 8 atom stereocenters. The fourth-order valence-electron chi connectivity index (χ4n) is 8.36. The fourth-order valence-corrected chi connectivity index (χ4v) is 8.36. The summed E-state index contributed by atoms with van der Waals surface area (Å²) in [5.74, 6) is 3.72. The molecule has 4 rings (SSSR count). The summed E-state index contributed by atoms with van der Waals surface area (Å²) in [7, 11) is 0. The summed E-state index contributed by atoms with van der Waals surface area (Å²) in [5.41, 5.74) is 1.18. The van der Waals surface area contributed by atoms with Crippen molar-refractivity contribution < 1.29 is 14.1 Å². The molecule has 0 aliphatic heterocycles. The van der Waals surface area contributed by atoms with Crippen LogP contribution >= 0.6 is 0 Å². The first-order valence-corrected chi connectivity index (χ1v) is 13.1. The van der Waals surface area contributed by atoms with Crippen LogP contribution in [0.2, 0.25) is 0 Å². The molecule has 2 saturated carbocycles. The number of aldehydes is 2. The normalized spacial score (nSPS) is 40.0. The highest BCUT2D eigenvalue weighted by atomic mass is 16.5. The van der Waals surface area contributed by atoms with Crippen LogP contribution in [-0.4, -0.2) is 17.7 Å². The van der Waals surface area contributed by atoms with Crippen LogP contribution in [0.5, 0.6) is 0 Å². The molecule has 0 N–H and O–H groups in total. The molecule has 0 saturated heterocycles. The number of hydrogen-bond donors (Lipinski definition) is 0. The number of nitrogens with zero attached hydrogens (tertiary/aromatic N) is 1. The van der Waals surface area contributed by atoms with E-state index >= 15 is 0 Å². The van der Waals surface area contributed by atoms with Gasteiger partial charge in [0.1, 0.15) is 18.3 Å². The van der Waals surface area contributed by atoms with Gasteiger partial charge in [-0.25, -0.2) is 0 Å². The topological polar surface area (TPSA) is 60.2 Å². The lowest BCUT2D eigenvalue weighted by Gasteiger charge is -2.55. The number of fused-ring (bicyclic) bond motifs is 2. The van der Waals surface area contributed by atoms with E-state index in [2.05, 4.69) is 39.8 Å². The van der Waals surface area contributed by atoms with Gasteiger partial charge < -0.3 is 14.1 Å². The van der Waals surface area contributed by atoms with Crippen molar-refractivity contribution in [1.29, 1.82) is 0 Å². The fraction of sp³-hybridized carbons (Fsp3) is 0.821. The number of carbonyl (C=O) groups is 2. The average Bonchev–Trinajstić information content (AvgIpc) is 3.34. The second-order valence-electron chi connectivity index (χ2n) is 12.4. The minimum atomic E-state index is -0.200. The predicted octanol–water partition coefficient (Wildman–Crippen LogP) is 6.31. The smallest absolute Gasteiger partial charge is 0.140 e. The summed E-state index contributed by atoms with van der Waals surface area (Å²) in [6.45, 7) is 11.8. The minimum absolute atomic E-state index is 0.0514. The number of aromatic nitrogens is 1. The Balaban J connectivity index is 1.55. The van der Waals surface area contributed by atoms with Gasteiger partial charge in [0.25, 0.3) is 0 Å². The maximum Gasteiger partial charge on any atom is 0.140 e. The third kappa shape index (κ3) is 3.90. The molecular weight excluding hydrogens is 398 g/mol. The average molecular weight is 442 g/mol. The molecule has 2 fully saturated rings. The van der Waals surface area contributed by atoms with Gasteiger partial charge in [0.15, 0.2) is 0 Å². The number of carbonyl (C=O) groups excluding carboxylic acids is 2. The zero-order valence-corrected chi connectivity index (χ0v) is 20.8. The summed E-state index contributed by atoms with van der Waals surface area (Å²) in [5, 5.41) is 3.99. The van der Waals surface area contributed by atoms with Gasteiger partial charge in [0.05, 0.1) is 6.20 Å². The van der Waals surface area contributed by atoms with E-state index < -0.39 is 0 Å². The molecule has 4 heteroatoms. The van der Waals surface area contributed by atoms with Crippen molar-refractivity contribution in [2.45, 2.75) is 92.4 Å². The van der Waals surface area contributed by atoms with Crippen molar-refractivity contribution in [3.63, 3.8) is 0 Å². The minimum Gasteiger partial charge on any atom is -0.361 e. The Morgan fingerprint density at radius 2 is 1.81 bits per heavy atom. The second kappa shape index (κ2) is 9.06. The van der Waals surface area contributed by atoms with Crippen LogP contribution in [0.3, 0.4) is 0 Å². The van der Waals surface area contributed by atoms with Gasteiger partial charge in [0.2, 0.25) is 0 Å². The molecule has 0 bridgehead atoms. The van der Waals surface area contributed by atoms with Gasteiger partial charge in [-0.3, -0.25) is 0 Å². The SMILES string of the molecule is CC(C)CCC[C@@H](C)[C@H]1CC[C@H]2[C@H](C=O)[C@@H]([C@@]3(C)Cc4cnoc4C[C@@H]3C=O)CC[C@]12C. The molecule has 3 aliphatic rings. The molecule has 0 amide bonds. The molecule has 0 unspecified atom stereocenters. The zero-order chi connectivity index (χ0) is 23.1. The highest BCUT2D eigenvalue weighted by Crippen LogP contribution is 2.64. The Bertz CT molecular complexity index is 815. The van der Waals surface area contributed by atoms with Crippen LogP contribution in [0.4, 0.5) is 0 Å². The van der Waals surface area contributed by atoms with Crippen LogP contribution in [0, 0.1) is 52.3 Å². The molecule has 1 aromatic heterocycles. The first kappa shape index (κ1) is 23.7. The Hall–Kier alpha value is -1.45. The lowest BCUT2D eigenvalue weighted by atomic mass is 9.48. The van der Waals surface area contributed by atoms with E-state index in [4.69, 9.17) is 4.52 Å². The van der Waals surface area contributed by atoms with Gasteiger partial charge in [0, 0.05) is 23.8 Å². The van der Waals surface area contributed by atoms with Crippen molar-refractivity contribution >= 4 is 12.6 Å². The Kier molecular flexibility index (Phi) is 6.71. The van der Waals surface area contributed by atoms with E-state index in [-0.39, 0.29) is 28.6 Å². The summed E-state index contributed by atoms with van der Waals surface area (Å²) in [4.78, 5) is 24.8. The van der Waals surface area contributed by atoms with Crippen LogP contribution in [0.1, 0.15) is 90.9 Å². The summed E-state index contributed by atoms with van der Waals surface area (Å²) in [6, 6.07) is 0. The lowest BCUT2D eigenvalue weighted by molar-refractivity contribution is -0.133.